The number of hydrogen-bond donors (Lipinski definition) is 2. The summed E-state index contributed by atoms with van der Waals surface area (Å²) in [7, 11) is 0. The minimum Gasteiger partial charge on any atom is -0.493 e. The second kappa shape index (κ2) is 3.62. The number of aromatic amines is 1. The molecule has 1 aromatic rings. The normalized spacial score (nSPS) is 10.2. The van der Waals surface area contributed by atoms with Crippen LogP contribution in [0.25, 0.3) is 0 Å². The fourth-order valence-electron chi connectivity index (χ4n) is 0.705. The number of nitrogens with one attached hydrogen (secondary N) is 1. The number of nitrogens with zero attached hydrogens (tertiary/aromatic N) is 1. The molecule has 1 rings (SSSR count). The maximum atomic E-state index is 11.1. The van der Waals surface area contributed by atoms with Crippen molar-refractivity contribution in [2.24, 2.45) is 0 Å². The van der Waals surface area contributed by atoms with E-state index >= 15 is 0 Å². The van der Waals surface area contributed by atoms with Gasteiger partial charge in [-0.1, -0.05) is 18.7 Å². The first-order valence-electron chi connectivity index (χ1n) is 3.57. The van der Waals surface area contributed by atoms with Gasteiger partial charge < -0.3 is 10.1 Å². The van der Waals surface area contributed by atoms with E-state index in [9.17, 15) is 4.79 Å². The van der Waals surface area contributed by atoms with Crippen LogP contribution in [0.1, 0.15) is 12.5 Å². The zero-order chi connectivity index (χ0) is 9.14. The van der Waals surface area contributed by atoms with Gasteiger partial charge in [0, 0.05) is 0 Å². The van der Waals surface area contributed by atoms with Gasteiger partial charge in [0.1, 0.15) is 0 Å². The molecule has 0 amide bonds. The third-order valence-electron chi connectivity index (χ3n) is 1.38. The van der Waals surface area contributed by atoms with Gasteiger partial charge in [-0.05, 0) is 12.7 Å². The highest BCUT2D eigenvalue weighted by Gasteiger charge is 2.04. The lowest BCUT2D eigenvalue weighted by Gasteiger charge is -1.99. The molecule has 0 spiro atoms. The van der Waals surface area contributed by atoms with Crippen molar-refractivity contribution in [1.29, 1.82) is 0 Å². The SMILES string of the molecule is CCSc1nc(O)c(C)c(=O)[nH]1. The molecule has 5 heteroatoms. The quantitative estimate of drug-likeness (QED) is 0.532. The fraction of sp³-hybridized carbons (Fsp3) is 0.429. The molecule has 0 aliphatic heterocycles. The Labute approximate surface area is 74.0 Å². The van der Waals surface area contributed by atoms with E-state index in [2.05, 4.69) is 9.97 Å². The van der Waals surface area contributed by atoms with E-state index in [0.717, 1.165) is 5.75 Å². The molecule has 66 valence electrons. The standard InChI is InChI=1S/C7H10N2O2S/c1-3-12-7-8-5(10)4(2)6(11)9-7/h3H2,1-2H3,(H2,8,9,10,11). The number of aromatic nitrogens is 2. The van der Waals surface area contributed by atoms with Gasteiger partial charge >= 0.3 is 0 Å². The molecular formula is C7H10N2O2S. The first-order valence-corrected chi connectivity index (χ1v) is 4.56. The summed E-state index contributed by atoms with van der Waals surface area (Å²) in [6, 6.07) is 0. The molecule has 0 aliphatic rings. The molecule has 0 bridgehead atoms. The molecule has 0 fully saturated rings. The largest absolute Gasteiger partial charge is 0.493 e. The van der Waals surface area contributed by atoms with Gasteiger partial charge in [-0.25, -0.2) is 0 Å². The van der Waals surface area contributed by atoms with E-state index in [1.807, 2.05) is 6.92 Å². The first-order chi connectivity index (χ1) is 5.65. The van der Waals surface area contributed by atoms with E-state index in [0.29, 0.717) is 5.16 Å². The Balaban J connectivity index is 3.13. The molecule has 0 saturated carbocycles. The monoisotopic (exact) mass is 186 g/mol. The Morgan fingerprint density at radius 1 is 1.67 bits per heavy atom. The topological polar surface area (TPSA) is 66.0 Å². The molecule has 1 aromatic heterocycles. The van der Waals surface area contributed by atoms with Gasteiger partial charge in [-0.15, -0.1) is 0 Å². The summed E-state index contributed by atoms with van der Waals surface area (Å²) in [5, 5.41) is 9.63. The van der Waals surface area contributed by atoms with Crippen LogP contribution in [0.5, 0.6) is 5.88 Å². The maximum absolute atomic E-state index is 11.1. The van der Waals surface area contributed by atoms with Gasteiger partial charge in [0.05, 0.1) is 5.56 Å². The van der Waals surface area contributed by atoms with Gasteiger partial charge in [-0.2, -0.15) is 4.98 Å². The van der Waals surface area contributed by atoms with Crippen LogP contribution in [0, 0.1) is 6.92 Å². The van der Waals surface area contributed by atoms with Crippen molar-refractivity contribution in [3.63, 3.8) is 0 Å². The minimum absolute atomic E-state index is 0.185. The molecule has 4 nitrogen and oxygen atoms in total. The number of aromatic hydroxyl groups is 1. The third kappa shape index (κ3) is 1.79. The maximum Gasteiger partial charge on any atom is 0.258 e. The average molecular weight is 186 g/mol. The van der Waals surface area contributed by atoms with Crippen molar-refractivity contribution in [3.8, 4) is 5.88 Å². The highest BCUT2D eigenvalue weighted by Crippen LogP contribution is 2.14. The lowest BCUT2D eigenvalue weighted by Crippen LogP contribution is -2.11. The fourth-order valence-corrected chi connectivity index (χ4v) is 1.29. The van der Waals surface area contributed by atoms with Gasteiger partial charge in [0.2, 0.25) is 5.88 Å². The zero-order valence-electron chi connectivity index (χ0n) is 6.92. The molecule has 1 heterocycles. The number of thioether (sulfide) groups is 1. The van der Waals surface area contributed by atoms with E-state index in [4.69, 9.17) is 5.11 Å². The highest BCUT2D eigenvalue weighted by molar-refractivity contribution is 7.99. The summed E-state index contributed by atoms with van der Waals surface area (Å²) in [6.45, 7) is 3.48. The second-order valence-corrected chi connectivity index (χ2v) is 3.51. The van der Waals surface area contributed by atoms with Crippen LogP contribution in [-0.4, -0.2) is 20.8 Å². The van der Waals surface area contributed by atoms with Gasteiger partial charge in [0.25, 0.3) is 5.56 Å². The molecule has 0 atom stereocenters. The van der Waals surface area contributed by atoms with Crippen LogP contribution in [0.15, 0.2) is 9.95 Å². The van der Waals surface area contributed by atoms with Gasteiger partial charge in [-0.3, -0.25) is 4.79 Å². The summed E-state index contributed by atoms with van der Waals surface area (Å²) in [5.41, 5.74) is -0.0195. The van der Waals surface area contributed by atoms with Crippen molar-refractivity contribution in [2.45, 2.75) is 19.0 Å². The van der Waals surface area contributed by atoms with Gasteiger partial charge in [0.15, 0.2) is 5.16 Å². The third-order valence-corrected chi connectivity index (χ3v) is 2.14. The van der Waals surface area contributed by atoms with E-state index in [-0.39, 0.29) is 17.0 Å². The van der Waals surface area contributed by atoms with Crippen LogP contribution in [0.3, 0.4) is 0 Å². The predicted molar refractivity (Wildman–Crippen MR) is 47.7 cm³/mol. The van der Waals surface area contributed by atoms with Crippen molar-refractivity contribution in [1.82, 2.24) is 9.97 Å². The van der Waals surface area contributed by atoms with Crippen molar-refractivity contribution in [3.05, 3.63) is 15.9 Å². The highest BCUT2D eigenvalue weighted by atomic mass is 32.2. The Bertz CT molecular complexity index is 335. The van der Waals surface area contributed by atoms with Crippen molar-refractivity contribution in [2.75, 3.05) is 5.75 Å². The minimum atomic E-state index is -0.279. The Morgan fingerprint density at radius 3 is 2.83 bits per heavy atom. The Morgan fingerprint density at radius 2 is 2.33 bits per heavy atom. The zero-order valence-corrected chi connectivity index (χ0v) is 7.73. The molecule has 0 aromatic carbocycles. The summed E-state index contributed by atoms with van der Waals surface area (Å²) < 4.78 is 0. The molecule has 0 aliphatic carbocycles. The molecule has 0 saturated heterocycles. The van der Waals surface area contributed by atoms with Crippen LogP contribution in [0.2, 0.25) is 0 Å². The lowest BCUT2D eigenvalue weighted by molar-refractivity contribution is 0.439. The molecule has 0 unspecified atom stereocenters. The molecule has 0 radical (unpaired) electrons. The van der Waals surface area contributed by atoms with E-state index in [1.54, 1.807) is 0 Å². The molecule has 12 heavy (non-hydrogen) atoms. The van der Waals surface area contributed by atoms with Crippen molar-refractivity contribution < 1.29 is 5.11 Å². The van der Waals surface area contributed by atoms with E-state index in [1.165, 1.54) is 18.7 Å². The molecular weight excluding hydrogens is 176 g/mol. The smallest absolute Gasteiger partial charge is 0.258 e. The average Bonchev–Trinajstić information content (AvgIpc) is 2.01. The van der Waals surface area contributed by atoms with E-state index < -0.39 is 0 Å². The Kier molecular flexibility index (Phi) is 2.75. The van der Waals surface area contributed by atoms with Crippen LogP contribution < -0.4 is 5.56 Å². The van der Waals surface area contributed by atoms with Crippen LogP contribution in [0.4, 0.5) is 0 Å². The first kappa shape index (κ1) is 9.12. The summed E-state index contributed by atoms with van der Waals surface area (Å²) in [5.74, 6) is 0.625. The summed E-state index contributed by atoms with van der Waals surface area (Å²) in [6.07, 6.45) is 0. The number of hydrogen-bond acceptors (Lipinski definition) is 4. The van der Waals surface area contributed by atoms with Crippen LogP contribution in [-0.2, 0) is 0 Å². The second-order valence-electron chi connectivity index (χ2n) is 2.25. The number of rotatable bonds is 2. The number of H-pyrrole nitrogens is 1. The van der Waals surface area contributed by atoms with Crippen LogP contribution >= 0.6 is 11.8 Å². The van der Waals surface area contributed by atoms with Crippen molar-refractivity contribution >= 4 is 11.8 Å². The summed E-state index contributed by atoms with van der Waals surface area (Å²) in [4.78, 5) is 17.4. The Hall–Kier alpha value is -0.970. The summed E-state index contributed by atoms with van der Waals surface area (Å²) >= 11 is 1.39. The lowest BCUT2D eigenvalue weighted by atomic mass is 10.4. The molecule has 2 N–H and O–H groups in total. The predicted octanol–water partition coefficient (Wildman–Crippen LogP) is 0.896.